The molecule has 1 aliphatic rings. The van der Waals surface area contributed by atoms with Crippen LogP contribution in [-0.2, 0) is 4.74 Å². The van der Waals surface area contributed by atoms with Crippen molar-refractivity contribution < 1.29 is 14.3 Å². The van der Waals surface area contributed by atoms with Gasteiger partial charge in [-0.3, -0.25) is 19.8 Å². The van der Waals surface area contributed by atoms with Crippen molar-refractivity contribution in [3.63, 3.8) is 0 Å². The lowest BCUT2D eigenvalue weighted by atomic mass is 10.1. The molecule has 2 rings (SSSR count). The highest BCUT2D eigenvalue weighted by molar-refractivity contribution is 6.21. The highest BCUT2D eigenvalue weighted by Crippen LogP contribution is 2.21. The second-order valence-electron chi connectivity index (χ2n) is 3.73. The van der Waals surface area contributed by atoms with Crippen LogP contribution in [0.1, 0.15) is 20.7 Å². The molecular formula is C12H14N2O3. The number of rotatable bonds is 5. The van der Waals surface area contributed by atoms with Gasteiger partial charge in [-0.25, -0.2) is 0 Å². The fourth-order valence-corrected chi connectivity index (χ4v) is 1.75. The monoisotopic (exact) mass is 234 g/mol. The fraction of sp³-hybridized carbons (Fsp3) is 0.333. The van der Waals surface area contributed by atoms with Gasteiger partial charge in [-0.15, -0.1) is 0 Å². The first-order chi connectivity index (χ1) is 8.25. The number of fused-ring (bicyclic) bond motifs is 1. The molecule has 0 saturated carbocycles. The van der Waals surface area contributed by atoms with Gasteiger partial charge in [0.15, 0.2) is 0 Å². The Labute approximate surface area is 99.4 Å². The van der Waals surface area contributed by atoms with Gasteiger partial charge in [-0.1, -0.05) is 12.1 Å². The largest absolute Gasteiger partial charge is 0.383 e. The molecule has 1 aromatic carbocycles. The Morgan fingerprint density at radius 1 is 1.18 bits per heavy atom. The molecular weight excluding hydrogens is 220 g/mol. The Balaban J connectivity index is 2.03. The average Bonchev–Trinajstić information content (AvgIpc) is 2.60. The Morgan fingerprint density at radius 3 is 2.29 bits per heavy atom. The topological polar surface area (TPSA) is 58.6 Å². The Hall–Kier alpha value is -1.72. The molecule has 0 aromatic heterocycles. The van der Waals surface area contributed by atoms with Crippen molar-refractivity contribution in [1.29, 1.82) is 0 Å². The van der Waals surface area contributed by atoms with Crippen LogP contribution in [0.15, 0.2) is 24.3 Å². The van der Waals surface area contributed by atoms with Crippen molar-refractivity contribution in [2.75, 3.05) is 26.9 Å². The van der Waals surface area contributed by atoms with Crippen LogP contribution in [-0.4, -0.2) is 43.6 Å². The maximum atomic E-state index is 11.9. The molecule has 0 radical (unpaired) electrons. The van der Waals surface area contributed by atoms with Crippen LogP contribution >= 0.6 is 0 Å². The molecule has 1 aliphatic heterocycles. The molecule has 1 heterocycles. The van der Waals surface area contributed by atoms with Gasteiger partial charge in [-0.05, 0) is 12.1 Å². The predicted molar refractivity (Wildman–Crippen MR) is 61.7 cm³/mol. The van der Waals surface area contributed by atoms with E-state index in [9.17, 15) is 9.59 Å². The van der Waals surface area contributed by atoms with Gasteiger partial charge in [0.25, 0.3) is 11.8 Å². The van der Waals surface area contributed by atoms with Crippen molar-refractivity contribution in [3.8, 4) is 0 Å². The number of ether oxygens (including phenoxy) is 1. The van der Waals surface area contributed by atoms with Crippen LogP contribution in [0.2, 0.25) is 0 Å². The van der Waals surface area contributed by atoms with Crippen molar-refractivity contribution in [2.45, 2.75) is 0 Å². The molecule has 90 valence electrons. The first-order valence-corrected chi connectivity index (χ1v) is 5.40. The van der Waals surface area contributed by atoms with Crippen molar-refractivity contribution in [1.82, 2.24) is 10.2 Å². The van der Waals surface area contributed by atoms with E-state index in [1.165, 1.54) is 4.90 Å². The standard InChI is InChI=1S/C12H14N2O3/c1-17-7-6-13-8-14-11(15)9-4-2-3-5-10(9)12(14)16/h2-5,13H,6-8H2,1H3. The van der Waals surface area contributed by atoms with Gasteiger partial charge < -0.3 is 4.74 Å². The summed E-state index contributed by atoms with van der Waals surface area (Å²) in [6, 6.07) is 6.85. The lowest BCUT2D eigenvalue weighted by Gasteiger charge is -2.14. The van der Waals surface area contributed by atoms with Crippen molar-refractivity contribution >= 4 is 11.8 Å². The molecule has 5 heteroatoms. The maximum Gasteiger partial charge on any atom is 0.262 e. The van der Waals surface area contributed by atoms with Crippen LogP contribution < -0.4 is 5.32 Å². The number of hydrogen-bond donors (Lipinski definition) is 1. The molecule has 5 nitrogen and oxygen atoms in total. The molecule has 0 saturated heterocycles. The number of nitrogens with zero attached hydrogens (tertiary/aromatic N) is 1. The Kier molecular flexibility index (Phi) is 3.51. The molecule has 0 spiro atoms. The number of nitrogens with one attached hydrogen (secondary N) is 1. The smallest absolute Gasteiger partial charge is 0.262 e. The number of carbonyl (C=O) groups excluding carboxylic acids is 2. The lowest BCUT2D eigenvalue weighted by molar-refractivity contribution is 0.0637. The summed E-state index contributed by atoms with van der Waals surface area (Å²) in [4.78, 5) is 25.0. The number of carbonyl (C=O) groups is 2. The van der Waals surface area contributed by atoms with E-state index in [0.717, 1.165) is 0 Å². The average molecular weight is 234 g/mol. The summed E-state index contributed by atoms with van der Waals surface area (Å²) >= 11 is 0. The van der Waals surface area contributed by atoms with E-state index >= 15 is 0 Å². The molecule has 2 amide bonds. The van der Waals surface area contributed by atoms with Gasteiger partial charge in [0, 0.05) is 13.7 Å². The second kappa shape index (κ2) is 5.07. The van der Waals surface area contributed by atoms with Gasteiger partial charge in [0.1, 0.15) is 0 Å². The lowest BCUT2D eigenvalue weighted by Crippen LogP contribution is -2.39. The Morgan fingerprint density at radius 2 is 1.76 bits per heavy atom. The number of methoxy groups -OCH3 is 1. The minimum absolute atomic E-state index is 0.218. The number of benzene rings is 1. The molecule has 0 unspecified atom stereocenters. The molecule has 1 N–H and O–H groups in total. The first kappa shape index (κ1) is 11.8. The molecule has 0 atom stereocenters. The predicted octanol–water partition coefficient (Wildman–Crippen LogP) is 0.476. The van der Waals surface area contributed by atoms with Crippen molar-refractivity contribution in [2.24, 2.45) is 0 Å². The van der Waals surface area contributed by atoms with Gasteiger partial charge >= 0.3 is 0 Å². The molecule has 0 fully saturated rings. The number of hydrogen-bond acceptors (Lipinski definition) is 4. The highest BCUT2D eigenvalue weighted by atomic mass is 16.5. The summed E-state index contributed by atoms with van der Waals surface area (Å²) < 4.78 is 4.87. The summed E-state index contributed by atoms with van der Waals surface area (Å²) in [5.74, 6) is -0.481. The third kappa shape index (κ3) is 2.20. The van der Waals surface area contributed by atoms with E-state index in [1.54, 1.807) is 31.4 Å². The molecule has 17 heavy (non-hydrogen) atoms. The molecule has 0 aliphatic carbocycles. The quantitative estimate of drug-likeness (QED) is 0.594. The van der Waals surface area contributed by atoms with E-state index in [2.05, 4.69) is 5.32 Å². The summed E-state index contributed by atoms with van der Waals surface area (Å²) in [6.45, 7) is 1.36. The molecule has 0 bridgehead atoms. The summed E-state index contributed by atoms with van der Waals surface area (Å²) in [5, 5.41) is 2.98. The van der Waals surface area contributed by atoms with Crippen LogP contribution in [0.4, 0.5) is 0 Å². The van der Waals surface area contributed by atoms with Crippen LogP contribution in [0.25, 0.3) is 0 Å². The van der Waals surface area contributed by atoms with Crippen LogP contribution in [0, 0.1) is 0 Å². The van der Waals surface area contributed by atoms with E-state index in [0.29, 0.717) is 24.3 Å². The summed E-state index contributed by atoms with van der Waals surface area (Å²) in [5.41, 5.74) is 0.956. The van der Waals surface area contributed by atoms with Gasteiger partial charge in [0.2, 0.25) is 0 Å². The third-order valence-corrected chi connectivity index (χ3v) is 2.63. The van der Waals surface area contributed by atoms with E-state index < -0.39 is 0 Å². The summed E-state index contributed by atoms with van der Waals surface area (Å²) in [7, 11) is 1.60. The first-order valence-electron chi connectivity index (χ1n) is 5.40. The summed E-state index contributed by atoms with van der Waals surface area (Å²) in [6.07, 6.45) is 0. The number of imide groups is 1. The zero-order chi connectivity index (χ0) is 12.3. The number of amides is 2. The van der Waals surface area contributed by atoms with Gasteiger partial charge in [-0.2, -0.15) is 0 Å². The van der Waals surface area contributed by atoms with E-state index in [1.807, 2.05) is 0 Å². The van der Waals surface area contributed by atoms with Crippen LogP contribution in [0.5, 0.6) is 0 Å². The molecule has 1 aromatic rings. The third-order valence-electron chi connectivity index (χ3n) is 2.63. The van der Waals surface area contributed by atoms with Gasteiger partial charge in [0.05, 0.1) is 24.4 Å². The zero-order valence-electron chi connectivity index (χ0n) is 9.60. The fourth-order valence-electron chi connectivity index (χ4n) is 1.75. The second-order valence-corrected chi connectivity index (χ2v) is 3.73. The van der Waals surface area contributed by atoms with E-state index in [4.69, 9.17) is 4.74 Å². The SMILES string of the molecule is COCCNCN1C(=O)c2ccccc2C1=O. The van der Waals surface area contributed by atoms with Crippen LogP contribution in [0.3, 0.4) is 0 Å². The Bertz CT molecular complexity index is 410. The van der Waals surface area contributed by atoms with Crippen molar-refractivity contribution in [3.05, 3.63) is 35.4 Å². The normalized spacial score (nSPS) is 14.3. The zero-order valence-corrected chi connectivity index (χ0v) is 9.60. The van der Waals surface area contributed by atoms with E-state index in [-0.39, 0.29) is 18.5 Å². The highest BCUT2D eigenvalue weighted by Gasteiger charge is 2.34. The minimum Gasteiger partial charge on any atom is -0.383 e. The maximum absolute atomic E-state index is 11.9. The minimum atomic E-state index is -0.240.